The van der Waals surface area contributed by atoms with Crippen LogP contribution in [0, 0.1) is 6.92 Å². The molecular weight excluding hydrogens is 571 g/mol. The van der Waals surface area contributed by atoms with E-state index in [1.807, 2.05) is 51.3 Å². The second-order valence-electron chi connectivity index (χ2n) is 9.88. The molecule has 0 heterocycles. The Morgan fingerprint density at radius 1 is 0.976 bits per heavy atom. The van der Waals surface area contributed by atoms with Gasteiger partial charge in [0.25, 0.3) is 10.0 Å². The number of hydrogen-bond donors (Lipinski definition) is 1. The summed E-state index contributed by atoms with van der Waals surface area (Å²) in [6.45, 7) is 8.16. The zero-order chi connectivity index (χ0) is 30.7. The molecule has 3 rings (SSSR count). The molecular formula is C32H41N3O5S2. The minimum Gasteiger partial charge on any atom is -0.494 e. The highest BCUT2D eigenvalue weighted by Crippen LogP contribution is 2.28. The van der Waals surface area contributed by atoms with Crippen LogP contribution < -0.4 is 14.4 Å². The third-order valence-electron chi connectivity index (χ3n) is 6.96. The largest absolute Gasteiger partial charge is 0.494 e. The lowest BCUT2D eigenvalue weighted by atomic mass is 10.1. The standard InChI is InChI=1S/C32H41N3O5S2/c1-6-8-21-33-32(37)25(4)34(22-26-12-10-9-11-24(26)3)31(36)23-35(27-13-15-28(16-14-27)40-7-2)42(38,39)30-19-17-29(41-5)18-20-30/h9-20,25H,6-8,21-23H2,1-5H3,(H,33,37)/t25-/m1/s1. The van der Waals surface area contributed by atoms with Gasteiger partial charge in [0.1, 0.15) is 18.3 Å². The van der Waals surface area contributed by atoms with E-state index in [4.69, 9.17) is 4.74 Å². The van der Waals surface area contributed by atoms with Crippen LogP contribution in [-0.2, 0) is 26.2 Å². The van der Waals surface area contributed by atoms with Gasteiger partial charge in [-0.1, -0.05) is 37.6 Å². The Kier molecular flexibility index (Phi) is 12.3. The molecule has 0 aromatic heterocycles. The molecule has 42 heavy (non-hydrogen) atoms. The quantitative estimate of drug-likeness (QED) is 0.176. The summed E-state index contributed by atoms with van der Waals surface area (Å²) in [6.07, 6.45) is 3.66. The fraction of sp³-hybridized carbons (Fsp3) is 0.375. The fourth-order valence-electron chi connectivity index (χ4n) is 4.37. The van der Waals surface area contributed by atoms with Crippen LogP contribution in [0.3, 0.4) is 0 Å². The monoisotopic (exact) mass is 611 g/mol. The van der Waals surface area contributed by atoms with Gasteiger partial charge >= 0.3 is 0 Å². The van der Waals surface area contributed by atoms with Gasteiger partial charge in [-0.15, -0.1) is 11.8 Å². The van der Waals surface area contributed by atoms with Crippen molar-refractivity contribution in [3.63, 3.8) is 0 Å². The van der Waals surface area contributed by atoms with E-state index >= 15 is 0 Å². The van der Waals surface area contributed by atoms with Gasteiger partial charge in [0.05, 0.1) is 17.2 Å². The summed E-state index contributed by atoms with van der Waals surface area (Å²) in [5, 5.41) is 2.91. The minimum absolute atomic E-state index is 0.0674. The number of sulfonamides is 1. The van der Waals surface area contributed by atoms with Crippen LogP contribution >= 0.6 is 11.8 Å². The van der Waals surface area contributed by atoms with Gasteiger partial charge in [-0.05, 0) is 93.1 Å². The molecule has 0 radical (unpaired) electrons. The van der Waals surface area contributed by atoms with E-state index in [2.05, 4.69) is 5.32 Å². The number of benzene rings is 3. The zero-order valence-electron chi connectivity index (χ0n) is 25.0. The van der Waals surface area contributed by atoms with Crippen LogP contribution in [-0.4, -0.2) is 57.1 Å². The molecule has 1 atom stereocenters. The second kappa shape index (κ2) is 15.7. The summed E-state index contributed by atoms with van der Waals surface area (Å²) in [5.74, 6) is -0.184. The number of ether oxygens (including phenoxy) is 1. The molecule has 0 spiro atoms. The lowest BCUT2D eigenvalue weighted by molar-refractivity contribution is -0.139. The van der Waals surface area contributed by atoms with Gasteiger partial charge < -0.3 is 15.0 Å². The number of thioether (sulfide) groups is 1. The first-order chi connectivity index (χ1) is 20.1. The number of nitrogens with zero attached hydrogens (tertiary/aromatic N) is 2. The topological polar surface area (TPSA) is 96.0 Å². The maximum absolute atomic E-state index is 14.1. The van der Waals surface area contributed by atoms with E-state index in [0.717, 1.165) is 33.2 Å². The molecule has 0 aliphatic carbocycles. The Morgan fingerprint density at radius 3 is 2.24 bits per heavy atom. The van der Waals surface area contributed by atoms with Gasteiger partial charge in [-0.25, -0.2) is 8.42 Å². The SMILES string of the molecule is CCCCNC(=O)[C@@H](C)N(Cc1ccccc1C)C(=O)CN(c1ccc(OCC)cc1)S(=O)(=O)c1ccc(SC)cc1. The predicted molar refractivity (Wildman–Crippen MR) is 169 cm³/mol. The van der Waals surface area contributed by atoms with Crippen molar-refractivity contribution in [1.29, 1.82) is 0 Å². The van der Waals surface area contributed by atoms with Crippen LogP contribution in [0.5, 0.6) is 5.75 Å². The average Bonchev–Trinajstić information content (AvgIpc) is 2.99. The van der Waals surface area contributed by atoms with Crippen LogP contribution in [0.15, 0.2) is 82.6 Å². The molecule has 0 bridgehead atoms. The maximum atomic E-state index is 14.1. The molecule has 0 saturated heterocycles. The highest BCUT2D eigenvalue weighted by molar-refractivity contribution is 7.98. The van der Waals surface area contributed by atoms with Crippen LogP contribution in [0.1, 0.15) is 44.7 Å². The molecule has 1 N–H and O–H groups in total. The summed E-state index contributed by atoms with van der Waals surface area (Å²) in [5.41, 5.74) is 2.16. The van der Waals surface area contributed by atoms with Crippen LogP contribution in [0.25, 0.3) is 0 Å². The Morgan fingerprint density at radius 2 is 1.64 bits per heavy atom. The Hall–Kier alpha value is -3.50. The van der Waals surface area contributed by atoms with Crippen molar-refractivity contribution in [1.82, 2.24) is 10.2 Å². The first-order valence-electron chi connectivity index (χ1n) is 14.1. The Bertz CT molecular complexity index is 1430. The van der Waals surface area contributed by atoms with Crippen molar-refractivity contribution in [2.45, 2.75) is 62.9 Å². The number of carbonyl (C=O) groups excluding carboxylic acids is 2. The van der Waals surface area contributed by atoms with Gasteiger partial charge in [0, 0.05) is 18.0 Å². The first-order valence-corrected chi connectivity index (χ1v) is 16.8. The Labute approximate surface area is 254 Å². The molecule has 0 saturated carbocycles. The molecule has 226 valence electrons. The minimum atomic E-state index is -4.14. The summed E-state index contributed by atoms with van der Waals surface area (Å²) in [6, 6.07) is 20.0. The van der Waals surface area contributed by atoms with E-state index in [1.54, 1.807) is 55.5 Å². The smallest absolute Gasteiger partial charge is 0.264 e. The van der Waals surface area contributed by atoms with Gasteiger partial charge in [-0.3, -0.25) is 13.9 Å². The molecule has 0 aliphatic heterocycles. The summed E-state index contributed by atoms with van der Waals surface area (Å²) in [4.78, 5) is 29.6. The Balaban J connectivity index is 2.02. The number of anilines is 1. The number of unbranched alkanes of at least 4 members (excludes halogenated alkanes) is 1. The lowest BCUT2D eigenvalue weighted by Crippen LogP contribution is -2.51. The number of nitrogens with one attached hydrogen (secondary N) is 1. The van der Waals surface area contributed by atoms with Crippen LogP contribution in [0.2, 0.25) is 0 Å². The molecule has 8 nitrogen and oxygen atoms in total. The van der Waals surface area contributed by atoms with Crippen molar-refractivity contribution in [2.75, 3.05) is 30.3 Å². The molecule has 2 amide bonds. The van der Waals surface area contributed by atoms with Crippen molar-refractivity contribution >= 4 is 39.3 Å². The number of aryl methyl sites for hydroxylation is 1. The highest BCUT2D eigenvalue weighted by Gasteiger charge is 2.32. The summed E-state index contributed by atoms with van der Waals surface area (Å²) < 4.78 is 34.7. The average molecular weight is 612 g/mol. The first kappa shape index (κ1) is 33.0. The fourth-order valence-corrected chi connectivity index (χ4v) is 6.19. The van der Waals surface area contributed by atoms with E-state index < -0.39 is 28.5 Å². The van der Waals surface area contributed by atoms with Crippen molar-refractivity contribution < 1.29 is 22.7 Å². The van der Waals surface area contributed by atoms with E-state index in [-0.39, 0.29) is 17.3 Å². The number of carbonyl (C=O) groups is 2. The van der Waals surface area contributed by atoms with Gasteiger partial charge in [-0.2, -0.15) is 0 Å². The summed E-state index contributed by atoms with van der Waals surface area (Å²) in [7, 11) is -4.14. The third-order valence-corrected chi connectivity index (χ3v) is 9.49. The predicted octanol–water partition coefficient (Wildman–Crippen LogP) is 5.64. The maximum Gasteiger partial charge on any atom is 0.264 e. The summed E-state index contributed by atoms with van der Waals surface area (Å²) >= 11 is 1.51. The third kappa shape index (κ3) is 8.51. The molecule has 10 heteroatoms. The van der Waals surface area contributed by atoms with Crippen molar-refractivity contribution in [3.8, 4) is 5.75 Å². The number of amides is 2. The highest BCUT2D eigenvalue weighted by atomic mass is 32.2. The van der Waals surface area contributed by atoms with E-state index in [0.29, 0.717) is 24.6 Å². The number of hydrogen-bond acceptors (Lipinski definition) is 6. The van der Waals surface area contributed by atoms with Crippen molar-refractivity contribution in [3.05, 3.63) is 83.9 Å². The van der Waals surface area contributed by atoms with Gasteiger partial charge in [0.15, 0.2) is 0 Å². The molecule has 0 unspecified atom stereocenters. The molecule has 3 aromatic carbocycles. The second-order valence-corrected chi connectivity index (χ2v) is 12.6. The van der Waals surface area contributed by atoms with E-state index in [1.165, 1.54) is 16.7 Å². The van der Waals surface area contributed by atoms with E-state index in [9.17, 15) is 18.0 Å². The number of rotatable bonds is 15. The zero-order valence-corrected chi connectivity index (χ0v) is 26.6. The van der Waals surface area contributed by atoms with Crippen molar-refractivity contribution in [2.24, 2.45) is 0 Å². The lowest BCUT2D eigenvalue weighted by Gasteiger charge is -2.32. The molecule has 0 fully saturated rings. The van der Waals surface area contributed by atoms with Crippen LogP contribution in [0.4, 0.5) is 5.69 Å². The van der Waals surface area contributed by atoms with Gasteiger partial charge in [0.2, 0.25) is 11.8 Å². The normalized spacial score (nSPS) is 11.9. The molecule has 3 aromatic rings. The molecule has 0 aliphatic rings.